The van der Waals surface area contributed by atoms with Crippen molar-refractivity contribution in [2.75, 3.05) is 0 Å². The summed E-state index contributed by atoms with van der Waals surface area (Å²) in [5.41, 5.74) is 1.83. The average Bonchev–Trinajstić information content (AvgIpc) is 2.32. The van der Waals surface area contributed by atoms with Gasteiger partial charge in [0.05, 0.1) is 0 Å². The SMILES string of the molecule is CCc1c(Cl)nc(-c2ccc(C)c(F)c2)nc1Cl. The normalized spacial score (nSPS) is 10.7. The molecule has 0 N–H and O–H groups in total. The van der Waals surface area contributed by atoms with E-state index in [0.717, 1.165) is 0 Å². The van der Waals surface area contributed by atoms with Gasteiger partial charge in [0, 0.05) is 11.1 Å². The van der Waals surface area contributed by atoms with Crippen molar-refractivity contribution in [2.24, 2.45) is 0 Å². The topological polar surface area (TPSA) is 25.8 Å². The van der Waals surface area contributed by atoms with Gasteiger partial charge in [-0.1, -0.05) is 42.3 Å². The van der Waals surface area contributed by atoms with Crippen LogP contribution in [0.3, 0.4) is 0 Å². The molecule has 1 aromatic carbocycles. The Hall–Kier alpha value is -1.19. The Balaban J connectivity index is 2.54. The standard InChI is InChI=1S/C13H11Cl2FN2/c1-3-9-11(14)17-13(18-12(9)15)8-5-4-7(2)10(16)6-8/h4-6H,3H2,1-2H3. The predicted octanol–water partition coefficient (Wildman–Crippen LogP) is 4.46. The molecule has 0 bridgehead atoms. The van der Waals surface area contributed by atoms with E-state index in [1.54, 1.807) is 19.1 Å². The van der Waals surface area contributed by atoms with E-state index in [0.29, 0.717) is 39.2 Å². The molecule has 0 atom stereocenters. The molecule has 0 spiro atoms. The lowest BCUT2D eigenvalue weighted by Crippen LogP contribution is -1.97. The lowest BCUT2D eigenvalue weighted by molar-refractivity contribution is 0.619. The van der Waals surface area contributed by atoms with E-state index in [9.17, 15) is 4.39 Å². The van der Waals surface area contributed by atoms with Crippen LogP contribution < -0.4 is 0 Å². The van der Waals surface area contributed by atoms with Crippen LogP contribution in [0.2, 0.25) is 10.3 Å². The number of aromatic nitrogens is 2. The van der Waals surface area contributed by atoms with Crippen LogP contribution in [-0.4, -0.2) is 9.97 Å². The van der Waals surface area contributed by atoms with Gasteiger partial charge in [0.15, 0.2) is 5.82 Å². The van der Waals surface area contributed by atoms with Crippen LogP contribution in [0.15, 0.2) is 18.2 Å². The zero-order chi connectivity index (χ0) is 13.3. The van der Waals surface area contributed by atoms with Crippen LogP contribution in [0, 0.1) is 12.7 Å². The number of aryl methyl sites for hydroxylation is 1. The molecule has 0 aliphatic carbocycles. The van der Waals surface area contributed by atoms with Crippen molar-refractivity contribution in [2.45, 2.75) is 20.3 Å². The molecule has 2 aromatic rings. The van der Waals surface area contributed by atoms with Crippen LogP contribution in [0.4, 0.5) is 4.39 Å². The number of nitrogens with zero attached hydrogens (tertiary/aromatic N) is 2. The third-order valence-corrected chi connectivity index (χ3v) is 3.32. The molecule has 18 heavy (non-hydrogen) atoms. The zero-order valence-corrected chi connectivity index (χ0v) is 11.5. The molecule has 5 heteroatoms. The van der Waals surface area contributed by atoms with E-state index in [-0.39, 0.29) is 5.82 Å². The van der Waals surface area contributed by atoms with Crippen LogP contribution in [-0.2, 0) is 6.42 Å². The Morgan fingerprint density at radius 2 is 1.78 bits per heavy atom. The first-order valence-electron chi connectivity index (χ1n) is 5.51. The van der Waals surface area contributed by atoms with Gasteiger partial charge in [0.1, 0.15) is 16.1 Å². The van der Waals surface area contributed by atoms with Gasteiger partial charge >= 0.3 is 0 Å². The largest absolute Gasteiger partial charge is 0.216 e. The first kappa shape index (κ1) is 13.2. The summed E-state index contributed by atoms with van der Waals surface area (Å²) in [4.78, 5) is 8.30. The van der Waals surface area contributed by atoms with Gasteiger partial charge < -0.3 is 0 Å². The number of halogens is 3. The fourth-order valence-electron chi connectivity index (χ4n) is 1.58. The van der Waals surface area contributed by atoms with E-state index in [1.807, 2.05) is 6.92 Å². The smallest absolute Gasteiger partial charge is 0.162 e. The van der Waals surface area contributed by atoms with Gasteiger partial charge in [-0.3, -0.25) is 0 Å². The molecule has 0 unspecified atom stereocenters. The first-order chi connectivity index (χ1) is 8.52. The van der Waals surface area contributed by atoms with Crippen molar-refractivity contribution in [1.82, 2.24) is 9.97 Å². The van der Waals surface area contributed by atoms with Crippen LogP contribution in [0.25, 0.3) is 11.4 Å². The third kappa shape index (κ3) is 2.47. The maximum Gasteiger partial charge on any atom is 0.162 e. The summed E-state index contributed by atoms with van der Waals surface area (Å²) >= 11 is 12.1. The average molecular weight is 285 g/mol. The summed E-state index contributed by atoms with van der Waals surface area (Å²) in [7, 11) is 0. The van der Waals surface area contributed by atoms with E-state index in [1.165, 1.54) is 6.07 Å². The molecule has 0 fully saturated rings. The molecular weight excluding hydrogens is 274 g/mol. The summed E-state index contributed by atoms with van der Waals surface area (Å²) < 4.78 is 13.5. The van der Waals surface area contributed by atoms with Crippen molar-refractivity contribution in [3.8, 4) is 11.4 Å². The minimum atomic E-state index is -0.303. The van der Waals surface area contributed by atoms with E-state index < -0.39 is 0 Å². The summed E-state index contributed by atoms with van der Waals surface area (Å²) in [5.74, 6) is 0.0315. The van der Waals surface area contributed by atoms with Gasteiger partial charge in [-0.2, -0.15) is 0 Å². The zero-order valence-electron chi connectivity index (χ0n) is 9.97. The Morgan fingerprint density at radius 3 is 2.28 bits per heavy atom. The van der Waals surface area contributed by atoms with Crippen LogP contribution >= 0.6 is 23.2 Å². The second kappa shape index (κ2) is 5.21. The Bertz CT molecular complexity index is 577. The fraction of sp³-hybridized carbons (Fsp3) is 0.231. The molecule has 0 aliphatic rings. The third-order valence-electron chi connectivity index (χ3n) is 2.69. The maximum atomic E-state index is 13.5. The summed E-state index contributed by atoms with van der Waals surface area (Å²) in [5, 5.41) is 0.627. The van der Waals surface area contributed by atoms with Crippen molar-refractivity contribution < 1.29 is 4.39 Å². The van der Waals surface area contributed by atoms with Gasteiger partial charge in [0.25, 0.3) is 0 Å². The van der Waals surface area contributed by atoms with Gasteiger partial charge in [-0.05, 0) is 25.0 Å². The van der Waals surface area contributed by atoms with Crippen molar-refractivity contribution in [1.29, 1.82) is 0 Å². The highest BCUT2D eigenvalue weighted by atomic mass is 35.5. The molecule has 1 aromatic heterocycles. The fourth-order valence-corrected chi connectivity index (χ4v) is 2.24. The van der Waals surface area contributed by atoms with E-state index >= 15 is 0 Å². The van der Waals surface area contributed by atoms with Crippen LogP contribution in [0.5, 0.6) is 0 Å². The molecule has 0 saturated heterocycles. The summed E-state index contributed by atoms with van der Waals surface area (Å²) in [6, 6.07) is 4.79. The Kier molecular flexibility index (Phi) is 3.83. The molecule has 0 radical (unpaired) electrons. The monoisotopic (exact) mass is 284 g/mol. The lowest BCUT2D eigenvalue weighted by atomic mass is 10.1. The Labute approximate surface area is 115 Å². The second-order valence-electron chi connectivity index (χ2n) is 3.92. The van der Waals surface area contributed by atoms with Gasteiger partial charge in [0.2, 0.25) is 0 Å². The molecule has 94 valence electrons. The highest BCUT2D eigenvalue weighted by molar-refractivity contribution is 6.34. The summed E-state index contributed by atoms with van der Waals surface area (Å²) in [6.07, 6.45) is 0.653. The molecule has 0 amide bonds. The number of rotatable bonds is 2. The number of hydrogen-bond acceptors (Lipinski definition) is 2. The van der Waals surface area contributed by atoms with Crippen molar-refractivity contribution >= 4 is 23.2 Å². The quantitative estimate of drug-likeness (QED) is 0.761. The molecule has 0 saturated carbocycles. The van der Waals surface area contributed by atoms with Crippen molar-refractivity contribution in [3.05, 3.63) is 45.4 Å². The Morgan fingerprint density at radius 1 is 1.17 bits per heavy atom. The minimum Gasteiger partial charge on any atom is -0.216 e. The number of hydrogen-bond donors (Lipinski definition) is 0. The molecule has 1 heterocycles. The molecule has 0 aliphatic heterocycles. The highest BCUT2D eigenvalue weighted by Crippen LogP contribution is 2.26. The predicted molar refractivity (Wildman–Crippen MR) is 71.6 cm³/mol. The van der Waals surface area contributed by atoms with Crippen LogP contribution in [0.1, 0.15) is 18.1 Å². The highest BCUT2D eigenvalue weighted by Gasteiger charge is 2.12. The molecule has 2 rings (SSSR count). The van der Waals surface area contributed by atoms with Gasteiger partial charge in [-0.25, -0.2) is 14.4 Å². The van der Waals surface area contributed by atoms with Gasteiger partial charge in [-0.15, -0.1) is 0 Å². The molecule has 2 nitrogen and oxygen atoms in total. The summed E-state index contributed by atoms with van der Waals surface area (Å²) in [6.45, 7) is 3.61. The van der Waals surface area contributed by atoms with E-state index in [2.05, 4.69) is 9.97 Å². The van der Waals surface area contributed by atoms with Crippen molar-refractivity contribution in [3.63, 3.8) is 0 Å². The van der Waals surface area contributed by atoms with E-state index in [4.69, 9.17) is 23.2 Å². The molecular formula is C13H11Cl2FN2. The maximum absolute atomic E-state index is 13.5. The second-order valence-corrected chi connectivity index (χ2v) is 4.64. The lowest BCUT2D eigenvalue weighted by Gasteiger charge is -2.07. The minimum absolute atomic E-state index is 0.303. The first-order valence-corrected chi connectivity index (χ1v) is 6.27. The number of benzene rings is 1.